The highest BCUT2D eigenvalue weighted by Crippen LogP contribution is 2.22. The molecule has 0 spiro atoms. The largest absolute Gasteiger partial charge is 0.449 e. The van der Waals surface area contributed by atoms with Gasteiger partial charge in [0.15, 0.2) is 6.10 Å². The monoisotopic (exact) mass is 450 g/mol. The number of benzene rings is 2. The molecule has 1 atom stereocenters. The maximum Gasteiger partial charge on any atom is 0.338 e. The third kappa shape index (κ3) is 5.46. The highest BCUT2D eigenvalue weighted by atomic mass is 32.2. The van der Waals surface area contributed by atoms with Gasteiger partial charge in [-0.25, -0.2) is 17.6 Å². The molecular weight excluding hydrogens is 427 g/mol. The van der Waals surface area contributed by atoms with Gasteiger partial charge >= 0.3 is 5.97 Å². The van der Waals surface area contributed by atoms with E-state index in [1.54, 1.807) is 12.1 Å². The van der Waals surface area contributed by atoms with E-state index in [9.17, 15) is 22.4 Å². The van der Waals surface area contributed by atoms with Crippen LogP contribution in [0, 0.1) is 12.7 Å². The van der Waals surface area contributed by atoms with Crippen LogP contribution in [0.3, 0.4) is 0 Å². The summed E-state index contributed by atoms with van der Waals surface area (Å²) < 4.78 is 51.2. The number of esters is 1. The average molecular weight is 450 g/mol. The molecule has 1 aliphatic rings. The van der Waals surface area contributed by atoms with E-state index in [1.165, 1.54) is 6.92 Å². The number of carbonyl (C=O) groups is 2. The minimum atomic E-state index is -4.15. The molecule has 1 N–H and O–H groups in total. The Morgan fingerprint density at radius 2 is 1.77 bits per heavy atom. The molecule has 2 aromatic carbocycles. The van der Waals surface area contributed by atoms with Gasteiger partial charge in [-0.15, -0.1) is 0 Å². The van der Waals surface area contributed by atoms with Crippen LogP contribution in [-0.2, 0) is 24.3 Å². The first-order valence-electron chi connectivity index (χ1n) is 9.64. The van der Waals surface area contributed by atoms with E-state index in [4.69, 9.17) is 9.47 Å². The summed E-state index contributed by atoms with van der Waals surface area (Å²) in [5.41, 5.74) is 1.39. The topological polar surface area (TPSA) is 102 Å². The van der Waals surface area contributed by atoms with Gasteiger partial charge in [-0.1, -0.05) is 17.7 Å². The fourth-order valence-electron chi connectivity index (χ4n) is 2.92. The summed E-state index contributed by atoms with van der Waals surface area (Å²) in [6.07, 6.45) is -1.15. The number of carbonyl (C=O) groups excluding carboxylic acids is 2. The summed E-state index contributed by atoms with van der Waals surface area (Å²) in [4.78, 5) is 24.1. The summed E-state index contributed by atoms with van der Waals surface area (Å²) >= 11 is 0. The molecule has 3 rings (SSSR count). The van der Waals surface area contributed by atoms with Crippen LogP contribution in [0.2, 0.25) is 0 Å². The van der Waals surface area contributed by atoms with Crippen molar-refractivity contribution < 1.29 is 31.9 Å². The van der Waals surface area contributed by atoms with E-state index in [0.29, 0.717) is 5.69 Å². The number of morpholine rings is 1. The number of nitrogens with one attached hydrogen (secondary N) is 1. The average Bonchev–Trinajstić information content (AvgIpc) is 2.76. The van der Waals surface area contributed by atoms with Crippen LogP contribution in [-0.4, -0.2) is 57.0 Å². The molecule has 0 radical (unpaired) electrons. The Hall–Kier alpha value is -2.82. The van der Waals surface area contributed by atoms with Gasteiger partial charge in [-0.2, -0.15) is 4.31 Å². The molecule has 1 saturated heterocycles. The zero-order chi connectivity index (χ0) is 22.6. The van der Waals surface area contributed by atoms with Crippen molar-refractivity contribution >= 4 is 27.6 Å². The summed E-state index contributed by atoms with van der Waals surface area (Å²) in [7, 11) is -4.15. The number of sulfonamides is 1. The number of amides is 1. The van der Waals surface area contributed by atoms with Crippen molar-refractivity contribution in [2.75, 3.05) is 31.6 Å². The van der Waals surface area contributed by atoms with Crippen molar-refractivity contribution in [1.29, 1.82) is 0 Å². The van der Waals surface area contributed by atoms with Crippen LogP contribution < -0.4 is 5.32 Å². The minimum absolute atomic E-state index is 0.0899. The molecule has 0 saturated carbocycles. The fourth-order valence-corrected chi connectivity index (χ4v) is 4.42. The van der Waals surface area contributed by atoms with Crippen LogP contribution >= 0.6 is 0 Å². The molecule has 166 valence electrons. The molecule has 1 fully saturated rings. The van der Waals surface area contributed by atoms with Crippen LogP contribution in [0.5, 0.6) is 0 Å². The highest BCUT2D eigenvalue weighted by molar-refractivity contribution is 7.89. The van der Waals surface area contributed by atoms with Gasteiger partial charge in [0.05, 0.1) is 18.8 Å². The Balaban J connectivity index is 1.72. The van der Waals surface area contributed by atoms with Gasteiger partial charge in [-0.05, 0) is 44.2 Å². The van der Waals surface area contributed by atoms with Crippen molar-refractivity contribution in [3.8, 4) is 0 Å². The van der Waals surface area contributed by atoms with Crippen molar-refractivity contribution in [2.45, 2.75) is 24.8 Å². The third-order valence-corrected chi connectivity index (χ3v) is 6.64. The van der Waals surface area contributed by atoms with E-state index >= 15 is 0 Å². The summed E-state index contributed by atoms with van der Waals surface area (Å²) in [6, 6.07) is 9.99. The number of hydrogen-bond donors (Lipinski definition) is 1. The lowest BCUT2D eigenvalue weighted by atomic mass is 10.2. The van der Waals surface area contributed by atoms with Crippen LogP contribution in [0.25, 0.3) is 0 Å². The molecule has 8 nitrogen and oxygen atoms in total. The molecule has 31 heavy (non-hydrogen) atoms. The first kappa shape index (κ1) is 22.9. The predicted octanol–water partition coefficient (Wildman–Crippen LogP) is 2.34. The summed E-state index contributed by atoms with van der Waals surface area (Å²) in [5, 5.41) is 2.62. The van der Waals surface area contributed by atoms with Gasteiger partial charge < -0.3 is 14.8 Å². The molecule has 0 bridgehead atoms. The summed E-state index contributed by atoms with van der Waals surface area (Å²) in [5.74, 6) is -2.47. The molecule has 1 unspecified atom stereocenters. The Morgan fingerprint density at radius 1 is 1.13 bits per heavy atom. The number of hydrogen-bond acceptors (Lipinski definition) is 6. The Labute approximate surface area is 180 Å². The fraction of sp³-hybridized carbons (Fsp3) is 0.333. The SMILES string of the molecule is Cc1ccc(NC(=O)C(C)OC(=O)c2ccc(F)c(S(=O)(=O)N3CCOCC3)c2)cc1. The molecule has 0 aliphatic carbocycles. The lowest BCUT2D eigenvalue weighted by Crippen LogP contribution is -2.41. The van der Waals surface area contributed by atoms with Gasteiger partial charge in [-0.3, -0.25) is 4.79 Å². The van der Waals surface area contributed by atoms with E-state index < -0.39 is 38.7 Å². The lowest BCUT2D eigenvalue weighted by Gasteiger charge is -2.26. The van der Waals surface area contributed by atoms with Crippen molar-refractivity contribution in [3.63, 3.8) is 0 Å². The first-order valence-corrected chi connectivity index (χ1v) is 11.1. The second kappa shape index (κ2) is 9.54. The first-order chi connectivity index (χ1) is 14.7. The van der Waals surface area contributed by atoms with Crippen LogP contribution in [0.1, 0.15) is 22.8 Å². The van der Waals surface area contributed by atoms with Gasteiger partial charge in [0.2, 0.25) is 10.0 Å². The normalized spacial score (nSPS) is 15.8. The zero-order valence-corrected chi connectivity index (χ0v) is 17.9. The third-order valence-electron chi connectivity index (χ3n) is 4.73. The molecule has 1 amide bonds. The Morgan fingerprint density at radius 3 is 2.42 bits per heavy atom. The molecule has 2 aromatic rings. The van der Waals surface area contributed by atoms with E-state index in [0.717, 1.165) is 28.1 Å². The zero-order valence-electron chi connectivity index (χ0n) is 17.1. The maximum atomic E-state index is 14.3. The Kier molecular flexibility index (Phi) is 7.04. The number of anilines is 1. The smallest absolute Gasteiger partial charge is 0.338 e. The van der Waals surface area contributed by atoms with Gasteiger partial charge in [0.25, 0.3) is 5.91 Å². The number of rotatable bonds is 6. The quantitative estimate of drug-likeness (QED) is 0.678. The molecular formula is C21H23FN2O6S. The van der Waals surface area contributed by atoms with Crippen molar-refractivity contribution in [3.05, 3.63) is 59.4 Å². The molecule has 10 heteroatoms. The van der Waals surface area contributed by atoms with E-state index in [-0.39, 0.29) is 31.9 Å². The second-order valence-corrected chi connectivity index (χ2v) is 8.97. The van der Waals surface area contributed by atoms with Crippen molar-refractivity contribution in [1.82, 2.24) is 4.31 Å². The minimum Gasteiger partial charge on any atom is -0.449 e. The summed E-state index contributed by atoms with van der Waals surface area (Å²) in [6.45, 7) is 3.88. The number of nitrogens with zero attached hydrogens (tertiary/aromatic N) is 1. The molecule has 0 aromatic heterocycles. The van der Waals surface area contributed by atoms with E-state index in [2.05, 4.69) is 5.32 Å². The number of halogens is 1. The van der Waals surface area contributed by atoms with Crippen molar-refractivity contribution in [2.24, 2.45) is 0 Å². The van der Waals surface area contributed by atoms with Gasteiger partial charge in [0.1, 0.15) is 10.7 Å². The van der Waals surface area contributed by atoms with E-state index in [1.807, 2.05) is 19.1 Å². The highest BCUT2D eigenvalue weighted by Gasteiger charge is 2.30. The van der Waals surface area contributed by atoms with Gasteiger partial charge in [0, 0.05) is 18.8 Å². The Bertz CT molecular complexity index is 1070. The standard InChI is InChI=1S/C21H23FN2O6S/c1-14-3-6-17(7-4-14)23-20(25)15(2)30-21(26)16-5-8-18(22)19(13-16)31(27,28)24-9-11-29-12-10-24/h3-8,13,15H,9-12H2,1-2H3,(H,23,25). The van der Waals surface area contributed by atoms with Crippen LogP contribution in [0.15, 0.2) is 47.4 Å². The lowest BCUT2D eigenvalue weighted by molar-refractivity contribution is -0.123. The maximum absolute atomic E-state index is 14.3. The number of ether oxygens (including phenoxy) is 2. The molecule has 1 aliphatic heterocycles. The second-order valence-electron chi connectivity index (χ2n) is 7.06. The molecule has 1 heterocycles. The number of aryl methyl sites for hydroxylation is 1. The van der Waals surface area contributed by atoms with Crippen LogP contribution in [0.4, 0.5) is 10.1 Å². The predicted molar refractivity (Wildman–Crippen MR) is 111 cm³/mol.